The quantitative estimate of drug-likeness (QED) is 0.797. The summed E-state index contributed by atoms with van der Waals surface area (Å²) in [6.45, 7) is 4.97. The molecule has 0 aliphatic carbocycles. The highest BCUT2D eigenvalue weighted by Gasteiger charge is 2.14. The van der Waals surface area contributed by atoms with Crippen molar-refractivity contribution in [3.8, 4) is 0 Å². The number of hydrogen-bond acceptors (Lipinski definition) is 4. The summed E-state index contributed by atoms with van der Waals surface area (Å²) >= 11 is 1.22. The van der Waals surface area contributed by atoms with Crippen molar-refractivity contribution in [2.75, 3.05) is 5.75 Å². The van der Waals surface area contributed by atoms with Crippen molar-refractivity contribution in [1.82, 2.24) is 14.8 Å². The molecule has 0 atom stereocenters. The molecule has 1 N–H and O–H groups in total. The van der Waals surface area contributed by atoms with Gasteiger partial charge < -0.3 is 9.67 Å². The Morgan fingerprint density at radius 3 is 2.76 bits per heavy atom. The lowest BCUT2D eigenvalue weighted by atomic mass is 10.1. The third-order valence-electron chi connectivity index (χ3n) is 3.18. The summed E-state index contributed by atoms with van der Waals surface area (Å²) in [6, 6.07) is 8.20. The molecule has 112 valence electrons. The standard InChI is InChI=1S/C15H19N3O2S/c1-3-8-18-13(9-12-7-5-4-6-11(12)2)16-17-15(18)21-10-14(19)20/h4-7H,3,8-10H2,1-2H3,(H,19,20). The molecular formula is C15H19N3O2S. The normalized spacial score (nSPS) is 10.8. The minimum atomic E-state index is -0.841. The molecule has 0 saturated carbocycles. The van der Waals surface area contributed by atoms with Crippen LogP contribution >= 0.6 is 11.8 Å². The van der Waals surface area contributed by atoms with Gasteiger partial charge in [-0.3, -0.25) is 4.79 Å². The average molecular weight is 305 g/mol. The van der Waals surface area contributed by atoms with Crippen molar-refractivity contribution in [3.63, 3.8) is 0 Å². The van der Waals surface area contributed by atoms with Crippen molar-refractivity contribution in [2.24, 2.45) is 0 Å². The van der Waals surface area contributed by atoms with Gasteiger partial charge in [0.2, 0.25) is 0 Å². The van der Waals surface area contributed by atoms with Gasteiger partial charge in [0, 0.05) is 13.0 Å². The van der Waals surface area contributed by atoms with E-state index < -0.39 is 5.97 Å². The lowest BCUT2D eigenvalue weighted by molar-refractivity contribution is -0.133. The van der Waals surface area contributed by atoms with Crippen molar-refractivity contribution in [1.29, 1.82) is 0 Å². The number of hydrogen-bond donors (Lipinski definition) is 1. The number of benzene rings is 1. The van der Waals surface area contributed by atoms with Gasteiger partial charge in [-0.15, -0.1) is 10.2 Å². The molecule has 1 heterocycles. The van der Waals surface area contributed by atoms with Crippen molar-refractivity contribution in [2.45, 2.75) is 38.4 Å². The minimum absolute atomic E-state index is 0.00616. The van der Waals surface area contributed by atoms with Crippen molar-refractivity contribution < 1.29 is 9.90 Å². The number of aliphatic carboxylic acids is 1. The molecule has 2 rings (SSSR count). The van der Waals surface area contributed by atoms with Crippen LogP contribution in [0.5, 0.6) is 0 Å². The van der Waals surface area contributed by atoms with Crippen LogP contribution in [0.15, 0.2) is 29.4 Å². The third-order valence-corrected chi connectivity index (χ3v) is 4.13. The number of rotatable bonds is 7. The van der Waals surface area contributed by atoms with Gasteiger partial charge in [0.25, 0.3) is 0 Å². The van der Waals surface area contributed by atoms with Crippen molar-refractivity contribution >= 4 is 17.7 Å². The van der Waals surface area contributed by atoms with Crippen LogP contribution in [0, 0.1) is 6.92 Å². The van der Waals surface area contributed by atoms with E-state index in [1.807, 2.05) is 16.7 Å². The molecule has 1 aromatic carbocycles. The zero-order valence-corrected chi connectivity index (χ0v) is 13.1. The van der Waals surface area contributed by atoms with Gasteiger partial charge in [-0.05, 0) is 24.5 Å². The average Bonchev–Trinajstić information content (AvgIpc) is 2.82. The molecule has 5 nitrogen and oxygen atoms in total. The predicted molar refractivity (Wildman–Crippen MR) is 82.7 cm³/mol. The van der Waals surface area contributed by atoms with Crippen LogP contribution in [-0.4, -0.2) is 31.6 Å². The van der Waals surface area contributed by atoms with Gasteiger partial charge in [-0.1, -0.05) is 43.0 Å². The molecule has 0 amide bonds. The first-order chi connectivity index (χ1) is 10.1. The summed E-state index contributed by atoms with van der Waals surface area (Å²) in [5.41, 5.74) is 2.44. The molecule has 0 saturated heterocycles. The Hall–Kier alpha value is -1.82. The van der Waals surface area contributed by atoms with Crippen LogP contribution in [0.1, 0.15) is 30.3 Å². The number of carbonyl (C=O) groups is 1. The zero-order valence-electron chi connectivity index (χ0n) is 12.2. The first-order valence-electron chi connectivity index (χ1n) is 6.93. The minimum Gasteiger partial charge on any atom is -0.481 e. The highest BCUT2D eigenvalue weighted by Crippen LogP contribution is 2.20. The van der Waals surface area contributed by atoms with Gasteiger partial charge in [-0.25, -0.2) is 0 Å². The van der Waals surface area contributed by atoms with E-state index in [-0.39, 0.29) is 5.75 Å². The number of thioether (sulfide) groups is 1. The second-order valence-electron chi connectivity index (χ2n) is 4.84. The van der Waals surface area contributed by atoms with Crippen LogP contribution in [0.4, 0.5) is 0 Å². The first-order valence-corrected chi connectivity index (χ1v) is 7.91. The molecule has 0 fully saturated rings. The monoisotopic (exact) mass is 305 g/mol. The summed E-state index contributed by atoms with van der Waals surface area (Å²) in [4.78, 5) is 10.7. The van der Waals surface area contributed by atoms with Crippen LogP contribution in [0.25, 0.3) is 0 Å². The molecule has 2 aromatic rings. The summed E-state index contributed by atoms with van der Waals surface area (Å²) in [5, 5.41) is 17.9. The second-order valence-corrected chi connectivity index (χ2v) is 5.78. The Labute approximate surface area is 128 Å². The van der Waals surface area contributed by atoms with Gasteiger partial charge in [0.15, 0.2) is 5.16 Å². The smallest absolute Gasteiger partial charge is 0.313 e. The summed E-state index contributed by atoms with van der Waals surface area (Å²) < 4.78 is 2.03. The maximum atomic E-state index is 10.7. The fourth-order valence-electron chi connectivity index (χ4n) is 2.11. The maximum Gasteiger partial charge on any atom is 0.313 e. The van der Waals surface area contributed by atoms with Crippen LogP contribution in [0.2, 0.25) is 0 Å². The molecule has 0 bridgehead atoms. The van der Waals surface area contributed by atoms with E-state index in [0.717, 1.165) is 18.8 Å². The lowest BCUT2D eigenvalue weighted by Gasteiger charge is -2.09. The molecule has 0 aliphatic heterocycles. The largest absolute Gasteiger partial charge is 0.481 e. The summed E-state index contributed by atoms with van der Waals surface area (Å²) in [7, 11) is 0. The molecule has 0 spiro atoms. The van der Waals surface area contributed by atoms with E-state index in [2.05, 4.69) is 36.2 Å². The van der Waals surface area contributed by atoms with E-state index in [1.54, 1.807) is 0 Å². The Kier molecular flexibility index (Phi) is 5.38. The Morgan fingerprint density at radius 1 is 1.33 bits per heavy atom. The van der Waals surface area contributed by atoms with Crippen LogP contribution < -0.4 is 0 Å². The molecule has 0 radical (unpaired) electrons. The van der Waals surface area contributed by atoms with Gasteiger partial charge in [0.05, 0.1) is 5.75 Å². The van der Waals surface area contributed by atoms with Gasteiger partial charge in [-0.2, -0.15) is 0 Å². The summed E-state index contributed by atoms with van der Waals surface area (Å²) in [6.07, 6.45) is 1.67. The molecule has 0 unspecified atom stereocenters. The van der Waals surface area contributed by atoms with Gasteiger partial charge in [0.1, 0.15) is 5.82 Å². The van der Waals surface area contributed by atoms with E-state index in [9.17, 15) is 4.79 Å². The van der Waals surface area contributed by atoms with E-state index in [0.29, 0.717) is 11.6 Å². The SMILES string of the molecule is CCCn1c(Cc2ccccc2C)nnc1SCC(=O)O. The molecule has 6 heteroatoms. The van der Waals surface area contributed by atoms with Crippen molar-refractivity contribution in [3.05, 3.63) is 41.2 Å². The van der Waals surface area contributed by atoms with E-state index in [1.165, 1.54) is 22.9 Å². The molecule has 1 aromatic heterocycles. The Balaban J connectivity index is 2.22. The van der Waals surface area contributed by atoms with Gasteiger partial charge >= 0.3 is 5.97 Å². The number of aromatic nitrogens is 3. The second kappa shape index (κ2) is 7.26. The van der Waals surface area contributed by atoms with E-state index in [4.69, 9.17) is 5.11 Å². The Bertz CT molecular complexity index is 625. The number of carboxylic acids is 1. The number of nitrogens with zero attached hydrogens (tertiary/aromatic N) is 3. The van der Waals surface area contributed by atoms with Crippen LogP contribution in [-0.2, 0) is 17.8 Å². The fraction of sp³-hybridized carbons (Fsp3) is 0.400. The Morgan fingerprint density at radius 2 is 2.10 bits per heavy atom. The predicted octanol–water partition coefficient (Wildman–Crippen LogP) is 2.76. The maximum absolute atomic E-state index is 10.7. The first kappa shape index (κ1) is 15.6. The van der Waals surface area contributed by atoms with E-state index >= 15 is 0 Å². The molecular weight excluding hydrogens is 286 g/mol. The zero-order chi connectivity index (χ0) is 15.2. The van der Waals surface area contributed by atoms with Crippen LogP contribution in [0.3, 0.4) is 0 Å². The number of carboxylic acid groups (broad SMARTS) is 1. The highest BCUT2D eigenvalue weighted by molar-refractivity contribution is 7.99. The third kappa shape index (κ3) is 4.07. The highest BCUT2D eigenvalue weighted by atomic mass is 32.2. The molecule has 21 heavy (non-hydrogen) atoms. The number of aryl methyl sites for hydroxylation is 1. The molecule has 0 aliphatic rings. The fourth-order valence-corrected chi connectivity index (χ4v) is 2.81. The lowest BCUT2D eigenvalue weighted by Crippen LogP contribution is -2.07. The topological polar surface area (TPSA) is 68.0 Å². The summed E-state index contributed by atoms with van der Waals surface area (Å²) in [5.74, 6) is 0.0530.